The van der Waals surface area contributed by atoms with E-state index in [1.807, 2.05) is 20.8 Å². The maximum absolute atomic E-state index is 11.9. The Labute approximate surface area is 120 Å². The Bertz CT molecular complexity index is 456. The minimum atomic E-state index is -0.584. The van der Waals surface area contributed by atoms with E-state index in [1.54, 1.807) is 0 Å². The monoisotopic (exact) mass is 278 g/mol. The summed E-state index contributed by atoms with van der Waals surface area (Å²) in [6.45, 7) is 5.86. The summed E-state index contributed by atoms with van der Waals surface area (Å²) in [5.41, 5.74) is 7.47. The first kappa shape index (κ1) is 15.6. The zero-order valence-corrected chi connectivity index (χ0v) is 12.6. The minimum Gasteiger partial charge on any atom is -0.391 e. The van der Waals surface area contributed by atoms with Crippen LogP contribution in [0.5, 0.6) is 0 Å². The van der Waals surface area contributed by atoms with Crippen LogP contribution in [0.3, 0.4) is 0 Å². The van der Waals surface area contributed by atoms with Gasteiger partial charge in [-0.15, -0.1) is 0 Å². The average Bonchev–Trinajstić information content (AvgIpc) is 2.37. The number of thiocarbonyl (C=S) groups is 1. The van der Waals surface area contributed by atoms with Crippen molar-refractivity contribution >= 4 is 23.1 Å². The Kier molecular flexibility index (Phi) is 5.48. The quantitative estimate of drug-likeness (QED) is 0.786. The van der Waals surface area contributed by atoms with Crippen molar-refractivity contribution in [1.82, 2.24) is 5.32 Å². The van der Waals surface area contributed by atoms with Gasteiger partial charge in [0.15, 0.2) is 0 Å². The molecule has 0 bridgehead atoms. The van der Waals surface area contributed by atoms with Crippen LogP contribution in [0, 0.1) is 6.92 Å². The molecule has 0 saturated carbocycles. The predicted octanol–water partition coefficient (Wildman–Crippen LogP) is 2.50. The SMILES string of the molecule is CCC(C)(NC(=O)CCc1ccc(C)cc1)C(N)=S. The number of nitrogens with one attached hydrogen (secondary N) is 1. The zero-order chi connectivity index (χ0) is 14.5. The van der Waals surface area contributed by atoms with Gasteiger partial charge in [-0.05, 0) is 32.3 Å². The van der Waals surface area contributed by atoms with Gasteiger partial charge in [0.2, 0.25) is 5.91 Å². The van der Waals surface area contributed by atoms with Crippen molar-refractivity contribution < 1.29 is 4.79 Å². The number of rotatable bonds is 6. The van der Waals surface area contributed by atoms with Gasteiger partial charge >= 0.3 is 0 Å². The molecule has 0 fully saturated rings. The van der Waals surface area contributed by atoms with E-state index in [0.717, 1.165) is 12.0 Å². The highest BCUT2D eigenvalue weighted by Gasteiger charge is 2.27. The first-order chi connectivity index (χ1) is 8.87. The van der Waals surface area contributed by atoms with Gasteiger partial charge in [-0.25, -0.2) is 0 Å². The van der Waals surface area contributed by atoms with Crippen LogP contribution >= 0.6 is 12.2 Å². The van der Waals surface area contributed by atoms with Gasteiger partial charge in [-0.3, -0.25) is 4.79 Å². The molecule has 0 radical (unpaired) electrons. The van der Waals surface area contributed by atoms with Crippen LogP contribution < -0.4 is 11.1 Å². The van der Waals surface area contributed by atoms with Crippen molar-refractivity contribution in [2.75, 3.05) is 0 Å². The van der Waals surface area contributed by atoms with Crippen LogP contribution in [0.25, 0.3) is 0 Å². The molecule has 4 heteroatoms. The van der Waals surface area contributed by atoms with E-state index in [4.69, 9.17) is 18.0 Å². The first-order valence-corrected chi connectivity index (χ1v) is 6.94. The number of benzene rings is 1. The third-order valence-electron chi connectivity index (χ3n) is 3.43. The molecule has 0 saturated heterocycles. The van der Waals surface area contributed by atoms with Crippen LogP contribution in [0.4, 0.5) is 0 Å². The molecule has 0 aromatic heterocycles. The van der Waals surface area contributed by atoms with E-state index in [-0.39, 0.29) is 5.91 Å². The highest BCUT2D eigenvalue weighted by atomic mass is 32.1. The Morgan fingerprint density at radius 3 is 2.42 bits per heavy atom. The summed E-state index contributed by atoms with van der Waals surface area (Å²) in [4.78, 5) is 12.3. The lowest BCUT2D eigenvalue weighted by Gasteiger charge is -2.28. The number of hydrogen-bond acceptors (Lipinski definition) is 2. The van der Waals surface area contributed by atoms with Crippen LogP contribution in [-0.4, -0.2) is 16.4 Å². The van der Waals surface area contributed by atoms with Crippen molar-refractivity contribution in [2.24, 2.45) is 5.73 Å². The highest BCUT2D eigenvalue weighted by Crippen LogP contribution is 2.11. The molecule has 0 heterocycles. The second-order valence-electron chi connectivity index (χ2n) is 5.08. The van der Waals surface area contributed by atoms with Crippen molar-refractivity contribution in [1.29, 1.82) is 0 Å². The van der Waals surface area contributed by atoms with Crippen molar-refractivity contribution in [2.45, 2.75) is 45.6 Å². The molecule has 0 aliphatic rings. The van der Waals surface area contributed by atoms with Crippen LogP contribution in [0.1, 0.15) is 37.8 Å². The molecule has 3 N–H and O–H groups in total. The lowest BCUT2D eigenvalue weighted by molar-refractivity contribution is -0.122. The Morgan fingerprint density at radius 2 is 1.95 bits per heavy atom. The first-order valence-electron chi connectivity index (χ1n) is 6.54. The Hall–Kier alpha value is -1.42. The number of hydrogen-bond donors (Lipinski definition) is 2. The predicted molar refractivity (Wildman–Crippen MR) is 83.1 cm³/mol. The molecule has 1 aromatic rings. The third kappa shape index (κ3) is 4.63. The lowest BCUT2D eigenvalue weighted by Crippen LogP contribution is -2.54. The number of carbonyl (C=O) groups is 1. The summed E-state index contributed by atoms with van der Waals surface area (Å²) in [6, 6.07) is 8.21. The van der Waals surface area contributed by atoms with E-state index < -0.39 is 5.54 Å². The van der Waals surface area contributed by atoms with E-state index in [9.17, 15) is 4.79 Å². The molecule has 104 valence electrons. The molecule has 19 heavy (non-hydrogen) atoms. The van der Waals surface area contributed by atoms with Gasteiger partial charge < -0.3 is 11.1 Å². The second kappa shape index (κ2) is 6.66. The van der Waals surface area contributed by atoms with Crippen molar-refractivity contribution in [3.8, 4) is 0 Å². The largest absolute Gasteiger partial charge is 0.391 e. The number of nitrogens with two attached hydrogens (primary N) is 1. The second-order valence-corrected chi connectivity index (χ2v) is 5.52. The molecule has 1 amide bonds. The fraction of sp³-hybridized carbons (Fsp3) is 0.467. The van der Waals surface area contributed by atoms with E-state index >= 15 is 0 Å². The summed E-state index contributed by atoms with van der Waals surface area (Å²) in [5, 5.41) is 2.92. The van der Waals surface area contributed by atoms with Gasteiger partial charge in [-0.1, -0.05) is 49.0 Å². The lowest BCUT2D eigenvalue weighted by atomic mass is 9.98. The van der Waals surface area contributed by atoms with Crippen molar-refractivity contribution in [3.05, 3.63) is 35.4 Å². The molecular weight excluding hydrogens is 256 g/mol. The molecule has 1 unspecified atom stereocenters. The Morgan fingerprint density at radius 1 is 1.37 bits per heavy atom. The van der Waals surface area contributed by atoms with Crippen molar-refractivity contribution in [3.63, 3.8) is 0 Å². The number of aryl methyl sites for hydroxylation is 2. The summed E-state index contributed by atoms with van der Waals surface area (Å²) in [6.07, 6.45) is 1.86. The topological polar surface area (TPSA) is 55.1 Å². The molecule has 1 aromatic carbocycles. The molecule has 0 aliphatic carbocycles. The van der Waals surface area contributed by atoms with E-state index in [1.165, 1.54) is 5.56 Å². The van der Waals surface area contributed by atoms with Gasteiger partial charge in [0.1, 0.15) is 0 Å². The summed E-state index contributed by atoms with van der Waals surface area (Å²) in [5.74, 6) is -0.0160. The molecule has 1 rings (SSSR count). The fourth-order valence-corrected chi connectivity index (χ4v) is 1.90. The average molecular weight is 278 g/mol. The number of amides is 1. The maximum atomic E-state index is 11.9. The zero-order valence-electron chi connectivity index (χ0n) is 11.8. The fourth-order valence-electron chi connectivity index (χ4n) is 1.71. The minimum absolute atomic E-state index is 0.0160. The standard InChI is InChI=1S/C15H22N2OS/c1-4-15(3,14(16)19)17-13(18)10-9-12-7-5-11(2)6-8-12/h5-8H,4,9-10H2,1-3H3,(H2,16,19)(H,17,18). The smallest absolute Gasteiger partial charge is 0.221 e. The summed E-state index contributed by atoms with van der Waals surface area (Å²) >= 11 is 5.00. The van der Waals surface area contributed by atoms with E-state index in [2.05, 4.69) is 29.6 Å². The number of carbonyl (C=O) groups excluding carboxylic acids is 1. The summed E-state index contributed by atoms with van der Waals surface area (Å²) in [7, 11) is 0. The van der Waals surface area contributed by atoms with Gasteiger partial charge in [0.25, 0.3) is 0 Å². The van der Waals surface area contributed by atoms with Gasteiger partial charge in [0, 0.05) is 6.42 Å². The third-order valence-corrected chi connectivity index (χ3v) is 3.88. The highest BCUT2D eigenvalue weighted by molar-refractivity contribution is 7.80. The van der Waals surface area contributed by atoms with Gasteiger partial charge in [-0.2, -0.15) is 0 Å². The van der Waals surface area contributed by atoms with E-state index in [0.29, 0.717) is 17.8 Å². The maximum Gasteiger partial charge on any atom is 0.221 e. The molecular formula is C15H22N2OS. The van der Waals surface area contributed by atoms with Crippen LogP contribution in [0.2, 0.25) is 0 Å². The summed E-state index contributed by atoms with van der Waals surface area (Å²) < 4.78 is 0. The molecule has 1 atom stereocenters. The molecule has 0 aliphatic heterocycles. The Balaban J connectivity index is 2.52. The van der Waals surface area contributed by atoms with Crippen LogP contribution in [-0.2, 0) is 11.2 Å². The normalized spacial score (nSPS) is 13.6. The van der Waals surface area contributed by atoms with Crippen LogP contribution in [0.15, 0.2) is 24.3 Å². The van der Waals surface area contributed by atoms with Gasteiger partial charge in [0.05, 0.1) is 10.5 Å². The molecule has 3 nitrogen and oxygen atoms in total. The molecule has 0 spiro atoms.